The number of unbranched alkanes of at least 4 members (excludes halogenated alkanes) is 1. The number of carbonyl (C=O) groups is 1. The fourth-order valence-electron chi connectivity index (χ4n) is 4.09. The topological polar surface area (TPSA) is 117 Å². The molecule has 1 aromatic heterocycles. The molecule has 0 bridgehead atoms. The molecule has 2 aromatic rings. The molecule has 2 aliphatic rings. The minimum Gasteiger partial charge on any atom is -0.397 e. The molecule has 1 aromatic carbocycles. The van der Waals surface area contributed by atoms with Gasteiger partial charge in [-0.1, -0.05) is 19.4 Å². The highest BCUT2D eigenvalue weighted by Gasteiger charge is 2.32. The summed E-state index contributed by atoms with van der Waals surface area (Å²) in [7, 11) is 2.13. The number of aromatic nitrogens is 2. The molecule has 0 unspecified atom stereocenters. The number of nitrogens with two attached hydrogens (primary N) is 2. The predicted octanol–water partition coefficient (Wildman–Crippen LogP) is 1.69. The summed E-state index contributed by atoms with van der Waals surface area (Å²) >= 11 is 0. The standard InChI is InChI=1S/C22H32N8O/c1-3-4-7-25-22-26-20(24)16-13-19(31)30(21(16)27-22)14-15-5-6-18(17(23)12-15)29-10-8-28(2)9-11-29/h5-6,12H,3-4,7-11,13-14,23H2,1-2H3,(H3,24,25,26,27). The average Bonchev–Trinajstić information content (AvgIpc) is 3.05. The maximum atomic E-state index is 12.7. The molecule has 1 amide bonds. The van der Waals surface area contributed by atoms with Gasteiger partial charge in [-0.3, -0.25) is 9.69 Å². The first-order valence-corrected chi connectivity index (χ1v) is 11.0. The normalized spacial score (nSPS) is 16.6. The van der Waals surface area contributed by atoms with Gasteiger partial charge in [0.25, 0.3) is 0 Å². The van der Waals surface area contributed by atoms with E-state index in [-0.39, 0.29) is 12.3 Å². The Balaban J connectivity index is 1.52. The second kappa shape index (κ2) is 8.97. The second-order valence-corrected chi connectivity index (χ2v) is 8.36. The minimum atomic E-state index is -0.0246. The lowest BCUT2D eigenvalue weighted by Gasteiger charge is -2.34. The third-order valence-corrected chi connectivity index (χ3v) is 5.99. The van der Waals surface area contributed by atoms with Crippen molar-refractivity contribution in [1.82, 2.24) is 14.9 Å². The summed E-state index contributed by atoms with van der Waals surface area (Å²) < 4.78 is 0. The summed E-state index contributed by atoms with van der Waals surface area (Å²) in [5.74, 6) is 1.40. The molecule has 9 nitrogen and oxygen atoms in total. The van der Waals surface area contributed by atoms with Crippen LogP contribution in [0.15, 0.2) is 18.2 Å². The van der Waals surface area contributed by atoms with Crippen LogP contribution in [0.5, 0.6) is 0 Å². The van der Waals surface area contributed by atoms with Crippen LogP contribution in [-0.4, -0.2) is 60.5 Å². The maximum absolute atomic E-state index is 12.7. The average molecular weight is 425 g/mol. The van der Waals surface area contributed by atoms with Crippen LogP contribution in [0.1, 0.15) is 30.9 Å². The Hall–Kier alpha value is -3.07. The first-order chi connectivity index (χ1) is 15.0. The summed E-state index contributed by atoms with van der Waals surface area (Å²) in [4.78, 5) is 28.0. The largest absolute Gasteiger partial charge is 0.397 e. The Kier molecular flexibility index (Phi) is 6.13. The third-order valence-electron chi connectivity index (χ3n) is 5.99. The van der Waals surface area contributed by atoms with Crippen LogP contribution in [0, 0.1) is 0 Å². The first-order valence-electron chi connectivity index (χ1n) is 11.0. The summed E-state index contributed by atoms with van der Waals surface area (Å²) in [5.41, 5.74) is 16.0. The van der Waals surface area contributed by atoms with Gasteiger partial charge in [-0.05, 0) is 31.2 Å². The number of benzene rings is 1. The van der Waals surface area contributed by atoms with E-state index in [4.69, 9.17) is 11.5 Å². The minimum absolute atomic E-state index is 0.0246. The number of nitrogen functional groups attached to an aromatic ring is 2. The predicted molar refractivity (Wildman–Crippen MR) is 125 cm³/mol. The molecule has 1 fully saturated rings. The monoisotopic (exact) mass is 424 g/mol. The Labute approximate surface area is 183 Å². The fourth-order valence-corrected chi connectivity index (χ4v) is 4.09. The third kappa shape index (κ3) is 4.51. The number of hydrogen-bond acceptors (Lipinski definition) is 8. The lowest BCUT2D eigenvalue weighted by molar-refractivity contribution is -0.117. The zero-order valence-corrected chi connectivity index (χ0v) is 18.4. The van der Waals surface area contributed by atoms with E-state index in [0.717, 1.165) is 62.5 Å². The van der Waals surface area contributed by atoms with Gasteiger partial charge in [-0.15, -0.1) is 0 Å². The lowest BCUT2D eigenvalue weighted by Crippen LogP contribution is -2.44. The van der Waals surface area contributed by atoms with Crippen molar-refractivity contribution in [3.63, 3.8) is 0 Å². The number of carbonyl (C=O) groups excluding carboxylic acids is 1. The molecule has 166 valence electrons. The van der Waals surface area contributed by atoms with Gasteiger partial charge < -0.3 is 26.6 Å². The summed E-state index contributed by atoms with van der Waals surface area (Å²) in [6.07, 6.45) is 2.32. The first kappa shape index (κ1) is 21.2. The molecular weight excluding hydrogens is 392 g/mol. The molecule has 31 heavy (non-hydrogen) atoms. The number of fused-ring (bicyclic) bond motifs is 1. The Morgan fingerprint density at radius 1 is 1.13 bits per heavy atom. The smallest absolute Gasteiger partial charge is 0.233 e. The quantitative estimate of drug-likeness (QED) is 0.454. The van der Waals surface area contributed by atoms with E-state index in [1.165, 1.54) is 0 Å². The van der Waals surface area contributed by atoms with Crippen LogP contribution in [0.2, 0.25) is 0 Å². The van der Waals surface area contributed by atoms with Gasteiger partial charge in [-0.25, -0.2) is 0 Å². The van der Waals surface area contributed by atoms with Crippen LogP contribution in [0.4, 0.5) is 29.0 Å². The molecule has 5 N–H and O–H groups in total. The molecule has 2 aliphatic heterocycles. The van der Waals surface area contributed by atoms with Crippen LogP contribution < -0.4 is 26.6 Å². The fraction of sp³-hybridized carbons (Fsp3) is 0.500. The van der Waals surface area contributed by atoms with Crippen molar-refractivity contribution in [2.24, 2.45) is 0 Å². The SMILES string of the molecule is CCCCNc1nc(N)c2c(n1)N(Cc1ccc(N3CCN(C)CC3)c(N)c1)C(=O)C2. The highest BCUT2D eigenvalue weighted by atomic mass is 16.2. The summed E-state index contributed by atoms with van der Waals surface area (Å²) in [5, 5.41) is 3.20. The highest BCUT2D eigenvalue weighted by molar-refractivity contribution is 6.01. The number of nitrogens with one attached hydrogen (secondary N) is 1. The number of nitrogens with zero attached hydrogens (tertiary/aromatic N) is 5. The maximum Gasteiger partial charge on any atom is 0.233 e. The van der Waals surface area contributed by atoms with Crippen molar-refractivity contribution in [2.75, 3.05) is 66.4 Å². The molecule has 3 heterocycles. The Morgan fingerprint density at radius 2 is 1.90 bits per heavy atom. The van der Waals surface area contributed by atoms with Crippen molar-refractivity contribution in [1.29, 1.82) is 0 Å². The van der Waals surface area contributed by atoms with Gasteiger partial charge in [0.1, 0.15) is 11.6 Å². The Morgan fingerprint density at radius 3 is 2.61 bits per heavy atom. The van der Waals surface area contributed by atoms with Crippen LogP contribution in [-0.2, 0) is 17.8 Å². The van der Waals surface area contributed by atoms with Gasteiger partial charge in [0.15, 0.2) is 0 Å². The summed E-state index contributed by atoms with van der Waals surface area (Å²) in [6.45, 7) is 7.27. The lowest BCUT2D eigenvalue weighted by atomic mass is 10.1. The van der Waals surface area contributed by atoms with Crippen molar-refractivity contribution >= 4 is 34.9 Å². The van der Waals surface area contributed by atoms with E-state index in [9.17, 15) is 4.79 Å². The van der Waals surface area contributed by atoms with E-state index >= 15 is 0 Å². The van der Waals surface area contributed by atoms with E-state index in [1.807, 2.05) is 12.1 Å². The number of amides is 1. The van der Waals surface area contributed by atoms with Crippen molar-refractivity contribution < 1.29 is 4.79 Å². The number of rotatable bonds is 7. The van der Waals surface area contributed by atoms with E-state index < -0.39 is 0 Å². The van der Waals surface area contributed by atoms with Crippen LogP contribution >= 0.6 is 0 Å². The molecule has 0 radical (unpaired) electrons. The van der Waals surface area contributed by atoms with Gasteiger partial charge >= 0.3 is 0 Å². The second-order valence-electron chi connectivity index (χ2n) is 8.36. The molecule has 1 saturated heterocycles. The summed E-state index contributed by atoms with van der Waals surface area (Å²) in [6, 6.07) is 6.06. The number of likely N-dealkylation sites (N-methyl/N-ethyl adjacent to an activating group) is 1. The molecule has 9 heteroatoms. The van der Waals surface area contributed by atoms with Gasteiger partial charge in [0, 0.05) is 38.3 Å². The van der Waals surface area contributed by atoms with E-state index in [0.29, 0.717) is 29.7 Å². The molecule has 0 spiro atoms. The molecular formula is C22H32N8O. The van der Waals surface area contributed by atoms with Crippen LogP contribution in [0.3, 0.4) is 0 Å². The zero-order valence-electron chi connectivity index (χ0n) is 18.4. The van der Waals surface area contributed by atoms with Crippen LogP contribution in [0.25, 0.3) is 0 Å². The van der Waals surface area contributed by atoms with Crippen molar-refractivity contribution in [3.05, 3.63) is 29.3 Å². The van der Waals surface area contributed by atoms with Gasteiger partial charge in [0.2, 0.25) is 11.9 Å². The van der Waals surface area contributed by atoms with E-state index in [1.54, 1.807) is 4.90 Å². The number of anilines is 5. The molecule has 4 rings (SSSR count). The molecule has 0 aliphatic carbocycles. The molecule has 0 atom stereocenters. The zero-order chi connectivity index (χ0) is 22.0. The van der Waals surface area contributed by atoms with Crippen molar-refractivity contribution in [3.8, 4) is 0 Å². The van der Waals surface area contributed by atoms with E-state index in [2.05, 4.69) is 45.1 Å². The van der Waals surface area contributed by atoms with Gasteiger partial charge in [-0.2, -0.15) is 9.97 Å². The van der Waals surface area contributed by atoms with Crippen molar-refractivity contribution in [2.45, 2.75) is 32.7 Å². The number of hydrogen-bond donors (Lipinski definition) is 3. The molecule has 0 saturated carbocycles. The highest BCUT2D eigenvalue weighted by Crippen LogP contribution is 2.33. The van der Waals surface area contributed by atoms with Gasteiger partial charge in [0.05, 0.1) is 24.3 Å². The Bertz CT molecular complexity index is 955. The number of piperazine rings is 1.